The Hall–Kier alpha value is 0.127. The van der Waals surface area contributed by atoms with E-state index >= 15 is 0 Å². The van der Waals surface area contributed by atoms with Crippen molar-refractivity contribution in [3.8, 4) is 0 Å². The van der Waals surface area contributed by atoms with Crippen molar-refractivity contribution in [2.75, 3.05) is 12.5 Å². The summed E-state index contributed by atoms with van der Waals surface area (Å²) in [5.74, 6) is 1.50. The Kier molecular flexibility index (Phi) is 3.31. The predicted molar refractivity (Wildman–Crippen MR) is 63.1 cm³/mol. The zero-order chi connectivity index (χ0) is 9.19. The lowest BCUT2D eigenvalue weighted by molar-refractivity contribution is 1.42. The molecule has 0 N–H and O–H groups in total. The van der Waals surface area contributed by atoms with Gasteiger partial charge in [-0.2, -0.15) is 0 Å². The topological polar surface area (TPSA) is 0 Å². The van der Waals surface area contributed by atoms with Crippen LogP contribution in [0, 0.1) is 0 Å². The van der Waals surface area contributed by atoms with E-state index < -0.39 is 8.07 Å². The molecule has 1 aliphatic rings. The maximum Gasteiger partial charge on any atom is 0.0485 e. The van der Waals surface area contributed by atoms with Gasteiger partial charge < -0.3 is 0 Å². The molecule has 0 aromatic rings. The van der Waals surface area contributed by atoms with E-state index in [4.69, 9.17) is 0 Å². The first-order valence-corrected chi connectivity index (χ1v) is 10.3. The normalized spacial score (nSPS) is 20.3. The molecular formula is C10H19PSi. The third kappa shape index (κ3) is 3.24. The minimum Gasteiger partial charge on any atom is -0.102 e. The summed E-state index contributed by atoms with van der Waals surface area (Å²) in [5, 5.41) is 0. The third-order valence-corrected chi connectivity index (χ3v) is 9.11. The van der Waals surface area contributed by atoms with Gasteiger partial charge in [0.15, 0.2) is 0 Å². The van der Waals surface area contributed by atoms with Crippen molar-refractivity contribution in [3.63, 3.8) is 0 Å². The lowest BCUT2D eigenvalue weighted by Gasteiger charge is -2.24. The van der Waals surface area contributed by atoms with Crippen LogP contribution in [0.2, 0.25) is 19.6 Å². The first-order valence-electron chi connectivity index (χ1n) is 4.54. The molecule has 0 saturated carbocycles. The molecule has 0 nitrogen and oxygen atoms in total. The van der Waals surface area contributed by atoms with Crippen LogP contribution in [0.1, 0.15) is 0 Å². The van der Waals surface area contributed by atoms with Gasteiger partial charge in [-0.05, 0) is 12.5 Å². The van der Waals surface area contributed by atoms with E-state index in [0.717, 1.165) is 5.66 Å². The van der Waals surface area contributed by atoms with E-state index in [0.29, 0.717) is 0 Å². The third-order valence-electron chi connectivity index (χ3n) is 1.96. The van der Waals surface area contributed by atoms with Crippen molar-refractivity contribution < 1.29 is 0 Å². The second-order valence-corrected chi connectivity index (χ2v) is 13.2. The van der Waals surface area contributed by atoms with Gasteiger partial charge in [0.25, 0.3) is 0 Å². The van der Waals surface area contributed by atoms with Gasteiger partial charge in [-0.1, -0.05) is 43.9 Å². The molecule has 1 rings (SSSR count). The summed E-state index contributed by atoms with van der Waals surface area (Å²) in [6, 6.07) is 0. The van der Waals surface area contributed by atoms with Crippen molar-refractivity contribution in [2.24, 2.45) is 0 Å². The SMILES string of the molecule is CP(C[Si](C)(C)C)C1C=CC=C1. The molecule has 1 aliphatic carbocycles. The zero-order valence-electron chi connectivity index (χ0n) is 8.54. The highest BCUT2D eigenvalue weighted by Crippen LogP contribution is 2.42. The Labute approximate surface area is 78.5 Å². The van der Waals surface area contributed by atoms with Crippen LogP contribution in [-0.2, 0) is 0 Å². The van der Waals surface area contributed by atoms with E-state index in [9.17, 15) is 0 Å². The molecule has 1 atom stereocenters. The number of allylic oxidation sites excluding steroid dienone is 4. The highest BCUT2D eigenvalue weighted by molar-refractivity contribution is 7.60. The van der Waals surface area contributed by atoms with Crippen LogP contribution in [-0.4, -0.2) is 26.2 Å². The molecule has 0 radical (unpaired) electrons. The van der Waals surface area contributed by atoms with Gasteiger partial charge >= 0.3 is 0 Å². The fourth-order valence-electron chi connectivity index (χ4n) is 1.57. The quantitative estimate of drug-likeness (QED) is 0.481. The van der Waals surface area contributed by atoms with Crippen LogP contribution in [0.3, 0.4) is 0 Å². The monoisotopic (exact) mass is 198 g/mol. The van der Waals surface area contributed by atoms with E-state index in [1.807, 2.05) is 0 Å². The molecule has 2 heteroatoms. The molecule has 0 amide bonds. The van der Waals surface area contributed by atoms with Crippen molar-refractivity contribution in [2.45, 2.75) is 25.3 Å². The largest absolute Gasteiger partial charge is 0.102 e. The maximum atomic E-state index is 2.47. The summed E-state index contributed by atoms with van der Waals surface area (Å²) >= 11 is 0. The average Bonchev–Trinajstić information content (AvgIpc) is 2.32. The number of hydrogen-bond donors (Lipinski definition) is 0. The van der Waals surface area contributed by atoms with Gasteiger partial charge in [0.1, 0.15) is 0 Å². The summed E-state index contributed by atoms with van der Waals surface area (Å²) in [6.07, 6.45) is 9.08. The number of hydrogen-bond acceptors (Lipinski definition) is 0. The summed E-state index contributed by atoms with van der Waals surface area (Å²) in [6.45, 7) is 9.84. The molecule has 1 unspecified atom stereocenters. The van der Waals surface area contributed by atoms with Gasteiger partial charge in [-0.15, -0.1) is 7.92 Å². The van der Waals surface area contributed by atoms with Gasteiger partial charge in [-0.3, -0.25) is 0 Å². The molecule has 0 spiro atoms. The average molecular weight is 198 g/mol. The molecule has 0 aliphatic heterocycles. The standard InChI is InChI=1S/C10H19PSi/c1-11(9-12(2,3)4)10-7-5-6-8-10/h5-8,10H,9H2,1-4H3. The molecule has 0 fully saturated rings. The van der Waals surface area contributed by atoms with Crippen LogP contribution in [0.5, 0.6) is 0 Å². The fourth-order valence-corrected chi connectivity index (χ4v) is 9.18. The van der Waals surface area contributed by atoms with E-state index in [1.54, 1.807) is 0 Å². The Morgan fingerprint density at radius 1 is 1.17 bits per heavy atom. The van der Waals surface area contributed by atoms with E-state index in [-0.39, 0.29) is 7.92 Å². The Morgan fingerprint density at radius 3 is 2.08 bits per heavy atom. The Morgan fingerprint density at radius 2 is 1.67 bits per heavy atom. The van der Waals surface area contributed by atoms with Crippen molar-refractivity contribution in [3.05, 3.63) is 24.3 Å². The molecule has 12 heavy (non-hydrogen) atoms. The molecule has 0 saturated heterocycles. The minimum absolute atomic E-state index is 0.218. The van der Waals surface area contributed by atoms with Crippen molar-refractivity contribution in [1.82, 2.24) is 0 Å². The van der Waals surface area contributed by atoms with Crippen LogP contribution in [0.25, 0.3) is 0 Å². The maximum absolute atomic E-state index is 2.47. The highest BCUT2D eigenvalue weighted by Gasteiger charge is 2.21. The number of rotatable bonds is 3. The van der Waals surface area contributed by atoms with E-state index in [1.165, 1.54) is 5.79 Å². The predicted octanol–water partition coefficient (Wildman–Crippen LogP) is 3.47. The first kappa shape index (κ1) is 10.2. The van der Waals surface area contributed by atoms with Crippen molar-refractivity contribution >= 4 is 16.0 Å². The van der Waals surface area contributed by atoms with Gasteiger partial charge in [-0.25, -0.2) is 0 Å². The molecule has 0 bridgehead atoms. The molecule has 68 valence electrons. The Bertz CT molecular complexity index is 188. The van der Waals surface area contributed by atoms with E-state index in [2.05, 4.69) is 50.6 Å². The van der Waals surface area contributed by atoms with Gasteiger partial charge in [0.2, 0.25) is 0 Å². The smallest absolute Gasteiger partial charge is 0.0485 e. The van der Waals surface area contributed by atoms with Crippen LogP contribution in [0.15, 0.2) is 24.3 Å². The Balaban J connectivity index is 2.43. The van der Waals surface area contributed by atoms with Crippen molar-refractivity contribution in [1.29, 1.82) is 0 Å². The van der Waals surface area contributed by atoms with Crippen LogP contribution >= 0.6 is 7.92 Å². The molecule has 0 aromatic carbocycles. The van der Waals surface area contributed by atoms with Crippen LogP contribution in [0.4, 0.5) is 0 Å². The lowest BCUT2D eigenvalue weighted by Crippen LogP contribution is -2.26. The van der Waals surface area contributed by atoms with Gasteiger partial charge in [0.05, 0.1) is 0 Å². The minimum atomic E-state index is -0.827. The second-order valence-electron chi connectivity index (χ2n) is 4.74. The highest BCUT2D eigenvalue weighted by atomic mass is 31.1. The summed E-state index contributed by atoms with van der Waals surface area (Å²) in [4.78, 5) is 0. The fraction of sp³-hybridized carbons (Fsp3) is 0.600. The summed E-state index contributed by atoms with van der Waals surface area (Å²) in [5.41, 5.74) is 0.784. The summed E-state index contributed by atoms with van der Waals surface area (Å²) < 4.78 is 0. The van der Waals surface area contributed by atoms with Gasteiger partial charge in [0, 0.05) is 13.7 Å². The first-order chi connectivity index (χ1) is 5.49. The zero-order valence-corrected chi connectivity index (χ0v) is 10.4. The molecule has 0 heterocycles. The summed E-state index contributed by atoms with van der Waals surface area (Å²) in [7, 11) is -0.608. The second kappa shape index (κ2) is 3.89. The molecular weight excluding hydrogens is 179 g/mol. The van der Waals surface area contributed by atoms with Crippen LogP contribution < -0.4 is 0 Å². The lowest BCUT2D eigenvalue weighted by atomic mass is 10.5. The molecule has 0 aromatic heterocycles.